The second-order valence-corrected chi connectivity index (χ2v) is 8.62. The van der Waals surface area contributed by atoms with Crippen LogP contribution in [0.15, 0.2) is 36.4 Å². The first kappa shape index (κ1) is 18.7. The summed E-state index contributed by atoms with van der Waals surface area (Å²) in [6.07, 6.45) is 2.96. The second kappa shape index (κ2) is 8.54. The summed E-state index contributed by atoms with van der Waals surface area (Å²) in [5, 5.41) is 3.85. The number of nitrogens with one attached hydrogen (secondary N) is 1. The molecular weight excluding hydrogens is 377 g/mol. The predicted molar refractivity (Wildman–Crippen MR) is 104 cm³/mol. The van der Waals surface area contributed by atoms with E-state index in [2.05, 4.69) is 11.4 Å². The zero-order chi connectivity index (χ0) is 17.7. The van der Waals surface area contributed by atoms with Gasteiger partial charge in [-0.15, -0.1) is 11.3 Å². The molecule has 1 aromatic heterocycles. The fourth-order valence-corrected chi connectivity index (χ4v) is 4.50. The summed E-state index contributed by atoms with van der Waals surface area (Å²) in [6.45, 7) is 2.02. The number of rotatable bonds is 6. The highest BCUT2D eigenvalue weighted by Crippen LogP contribution is 2.35. The van der Waals surface area contributed by atoms with E-state index >= 15 is 0 Å². The fourth-order valence-electron chi connectivity index (χ4n) is 3.23. The van der Waals surface area contributed by atoms with Crippen LogP contribution in [0, 0.1) is 0 Å². The van der Waals surface area contributed by atoms with Crippen molar-refractivity contribution in [2.75, 3.05) is 19.8 Å². The van der Waals surface area contributed by atoms with Gasteiger partial charge in [0.25, 0.3) is 0 Å². The fraction of sp³-hybridized carbons (Fsp3) is 0.421. The molecule has 0 unspecified atom stereocenters. The zero-order valence-corrected chi connectivity index (χ0v) is 16.2. The van der Waals surface area contributed by atoms with Crippen molar-refractivity contribution in [3.8, 4) is 0 Å². The van der Waals surface area contributed by atoms with E-state index in [1.807, 2.05) is 30.3 Å². The highest BCUT2D eigenvalue weighted by atomic mass is 35.5. The number of amides is 1. The Morgan fingerprint density at radius 2 is 2.00 bits per heavy atom. The van der Waals surface area contributed by atoms with E-state index in [9.17, 15) is 4.79 Å². The largest absolute Gasteiger partial charge is 0.381 e. The van der Waals surface area contributed by atoms with Crippen LogP contribution < -0.4 is 5.32 Å². The number of hydrogen-bond acceptors (Lipinski definition) is 3. The lowest BCUT2D eigenvalue weighted by Gasteiger charge is -2.38. The van der Waals surface area contributed by atoms with Gasteiger partial charge < -0.3 is 10.1 Å². The Bertz CT molecular complexity index is 726. The van der Waals surface area contributed by atoms with Gasteiger partial charge in [0.05, 0.1) is 4.34 Å². The maximum atomic E-state index is 12.3. The van der Waals surface area contributed by atoms with Crippen LogP contribution in [-0.4, -0.2) is 25.7 Å². The Kier molecular flexibility index (Phi) is 6.39. The van der Waals surface area contributed by atoms with E-state index in [0.29, 0.717) is 26.2 Å². The molecule has 0 spiro atoms. The summed E-state index contributed by atoms with van der Waals surface area (Å²) in [7, 11) is 0. The first-order chi connectivity index (χ1) is 12.1. The molecule has 3 nitrogen and oxygen atoms in total. The van der Waals surface area contributed by atoms with E-state index < -0.39 is 0 Å². The van der Waals surface area contributed by atoms with Crippen molar-refractivity contribution >= 4 is 40.4 Å². The first-order valence-electron chi connectivity index (χ1n) is 8.42. The third-order valence-electron chi connectivity index (χ3n) is 4.74. The standard InChI is InChI=1S/C19H21Cl2NO2S/c20-15-3-1-2-14(12-15)19(8-10-24-11-9-19)13-22-18(23)7-5-16-4-6-17(21)25-16/h1-4,6,12H,5,7-11,13H2,(H,22,23). The summed E-state index contributed by atoms with van der Waals surface area (Å²) in [5.41, 5.74) is 1.07. The van der Waals surface area contributed by atoms with Crippen molar-refractivity contribution in [1.82, 2.24) is 5.32 Å². The molecule has 0 saturated carbocycles. The number of halogens is 2. The van der Waals surface area contributed by atoms with Crippen molar-refractivity contribution in [3.63, 3.8) is 0 Å². The molecule has 6 heteroatoms. The average molecular weight is 398 g/mol. The van der Waals surface area contributed by atoms with Crippen molar-refractivity contribution in [2.24, 2.45) is 0 Å². The molecule has 1 aromatic carbocycles. The van der Waals surface area contributed by atoms with Crippen molar-refractivity contribution < 1.29 is 9.53 Å². The molecule has 1 aliphatic heterocycles. The van der Waals surface area contributed by atoms with Crippen LogP contribution in [0.3, 0.4) is 0 Å². The smallest absolute Gasteiger partial charge is 0.220 e. The lowest BCUT2D eigenvalue weighted by molar-refractivity contribution is -0.121. The van der Waals surface area contributed by atoms with Gasteiger partial charge in [-0.25, -0.2) is 0 Å². The SMILES string of the molecule is O=C(CCc1ccc(Cl)s1)NCC1(c2cccc(Cl)c2)CCOCC1. The first-order valence-corrected chi connectivity index (χ1v) is 9.99. The predicted octanol–water partition coefficient (Wildman–Crippen LogP) is 4.85. The van der Waals surface area contributed by atoms with Gasteiger partial charge in [0.15, 0.2) is 0 Å². The molecule has 2 aromatic rings. The number of ether oxygens (including phenoxy) is 1. The monoisotopic (exact) mass is 397 g/mol. The van der Waals surface area contributed by atoms with E-state index in [4.69, 9.17) is 27.9 Å². The third kappa shape index (κ3) is 4.98. The minimum absolute atomic E-state index is 0.0671. The minimum atomic E-state index is -0.106. The Balaban J connectivity index is 1.61. The summed E-state index contributed by atoms with van der Waals surface area (Å²) in [6, 6.07) is 11.8. The highest BCUT2D eigenvalue weighted by Gasteiger charge is 2.34. The van der Waals surface area contributed by atoms with Crippen molar-refractivity contribution in [2.45, 2.75) is 31.1 Å². The molecule has 0 bridgehead atoms. The maximum Gasteiger partial charge on any atom is 0.220 e. The average Bonchev–Trinajstić information content (AvgIpc) is 3.04. The molecule has 0 atom stereocenters. The third-order valence-corrected chi connectivity index (χ3v) is 6.26. The van der Waals surface area contributed by atoms with Gasteiger partial charge in [-0.1, -0.05) is 35.3 Å². The Morgan fingerprint density at radius 1 is 1.20 bits per heavy atom. The van der Waals surface area contributed by atoms with Gasteiger partial charge in [-0.3, -0.25) is 4.79 Å². The van der Waals surface area contributed by atoms with E-state index in [1.54, 1.807) is 0 Å². The quantitative estimate of drug-likeness (QED) is 0.755. The molecule has 1 fully saturated rings. The number of benzene rings is 1. The molecule has 1 amide bonds. The van der Waals surface area contributed by atoms with Crippen LogP contribution in [0.5, 0.6) is 0 Å². The van der Waals surface area contributed by atoms with Crippen LogP contribution in [0.25, 0.3) is 0 Å². The molecule has 1 aliphatic rings. The number of hydrogen-bond donors (Lipinski definition) is 1. The van der Waals surface area contributed by atoms with E-state index in [-0.39, 0.29) is 11.3 Å². The Morgan fingerprint density at radius 3 is 2.68 bits per heavy atom. The van der Waals surface area contributed by atoms with Crippen LogP contribution in [-0.2, 0) is 21.4 Å². The van der Waals surface area contributed by atoms with Gasteiger partial charge in [-0.2, -0.15) is 0 Å². The van der Waals surface area contributed by atoms with E-state index in [1.165, 1.54) is 16.9 Å². The minimum Gasteiger partial charge on any atom is -0.381 e. The van der Waals surface area contributed by atoms with Crippen molar-refractivity contribution in [1.29, 1.82) is 0 Å². The van der Waals surface area contributed by atoms with Gasteiger partial charge >= 0.3 is 0 Å². The van der Waals surface area contributed by atoms with Gasteiger partial charge in [0.1, 0.15) is 0 Å². The number of aryl methyl sites for hydroxylation is 1. The summed E-state index contributed by atoms with van der Waals surface area (Å²) >= 11 is 13.6. The maximum absolute atomic E-state index is 12.3. The van der Waals surface area contributed by atoms with Crippen LogP contribution in [0.2, 0.25) is 9.36 Å². The number of carbonyl (C=O) groups is 1. The number of carbonyl (C=O) groups excluding carboxylic acids is 1. The normalized spacial score (nSPS) is 16.6. The second-order valence-electron chi connectivity index (χ2n) is 6.39. The Hall–Kier alpha value is -1.07. The molecular formula is C19H21Cl2NO2S. The number of thiophene rings is 1. The molecule has 0 radical (unpaired) electrons. The van der Waals surface area contributed by atoms with Crippen LogP contribution in [0.1, 0.15) is 29.7 Å². The molecule has 1 saturated heterocycles. The van der Waals surface area contributed by atoms with Gasteiger partial charge in [-0.05, 0) is 49.1 Å². The topological polar surface area (TPSA) is 38.3 Å². The molecule has 3 rings (SSSR count). The lowest BCUT2D eigenvalue weighted by Crippen LogP contribution is -2.44. The summed E-state index contributed by atoms with van der Waals surface area (Å²) in [5.74, 6) is 0.0671. The van der Waals surface area contributed by atoms with Crippen molar-refractivity contribution in [3.05, 3.63) is 56.2 Å². The van der Waals surface area contributed by atoms with Gasteiger partial charge in [0.2, 0.25) is 5.91 Å². The van der Waals surface area contributed by atoms with Crippen LogP contribution in [0.4, 0.5) is 0 Å². The molecule has 1 N–H and O–H groups in total. The Labute approximate surface area is 162 Å². The molecule has 134 valence electrons. The molecule has 2 heterocycles. The van der Waals surface area contributed by atoms with E-state index in [0.717, 1.165) is 33.5 Å². The molecule has 25 heavy (non-hydrogen) atoms. The highest BCUT2D eigenvalue weighted by molar-refractivity contribution is 7.16. The lowest BCUT2D eigenvalue weighted by atomic mass is 9.74. The molecule has 0 aliphatic carbocycles. The zero-order valence-electron chi connectivity index (χ0n) is 13.9. The van der Waals surface area contributed by atoms with Crippen LogP contribution >= 0.6 is 34.5 Å². The van der Waals surface area contributed by atoms with Gasteiger partial charge in [0, 0.05) is 41.5 Å². The summed E-state index contributed by atoms with van der Waals surface area (Å²) in [4.78, 5) is 13.4. The summed E-state index contributed by atoms with van der Waals surface area (Å²) < 4.78 is 6.30.